The van der Waals surface area contributed by atoms with Crippen LogP contribution in [0.25, 0.3) is 16.4 Å². The summed E-state index contributed by atoms with van der Waals surface area (Å²) in [6.45, 7) is 2.43. The number of carbonyl (C=O) groups excluding carboxylic acids is 1. The van der Waals surface area contributed by atoms with Crippen molar-refractivity contribution < 1.29 is 14.5 Å². The fourth-order valence-electron chi connectivity index (χ4n) is 3.30. The van der Waals surface area contributed by atoms with Gasteiger partial charge >= 0.3 is 5.88 Å². The molecule has 130 valence electrons. The van der Waals surface area contributed by atoms with Crippen LogP contribution in [-0.2, 0) is 6.54 Å². The number of hydrogen-bond acceptors (Lipinski definition) is 3. The number of rotatable bonds is 4. The summed E-state index contributed by atoms with van der Waals surface area (Å²) in [6.07, 6.45) is 1.86. The van der Waals surface area contributed by atoms with Crippen LogP contribution in [0.3, 0.4) is 0 Å². The Morgan fingerprint density at radius 3 is 2.58 bits per heavy atom. The van der Waals surface area contributed by atoms with Crippen LogP contribution in [0, 0.1) is 0 Å². The molecule has 0 spiro atoms. The fraction of sp³-hybridized carbons (Fsp3) is 0.143. The first-order valence-corrected chi connectivity index (χ1v) is 9.55. The zero-order valence-corrected chi connectivity index (χ0v) is 15.2. The second kappa shape index (κ2) is 6.84. The lowest BCUT2D eigenvalue weighted by Gasteiger charge is -2.02. The first kappa shape index (κ1) is 16.7. The number of carbonyl (C=O) groups is 1. The summed E-state index contributed by atoms with van der Waals surface area (Å²) < 4.78 is 3.63. The minimum absolute atomic E-state index is 0.0103. The van der Waals surface area contributed by atoms with Crippen molar-refractivity contribution in [1.82, 2.24) is 4.40 Å². The Kier molecular flexibility index (Phi) is 4.39. The minimum atomic E-state index is -0.123. The molecular weight excluding hydrogens is 344 g/mol. The highest BCUT2D eigenvalue weighted by molar-refractivity contribution is 8.14. The molecule has 4 nitrogen and oxygen atoms in total. The number of benzene rings is 2. The van der Waals surface area contributed by atoms with Gasteiger partial charge in [0, 0.05) is 0 Å². The SMILES string of the molecule is CCSC(=O)c1c(O)[n+](Cc2ccccc2)c2c3ccccc3ccn12. The van der Waals surface area contributed by atoms with Crippen molar-refractivity contribution in [2.24, 2.45) is 0 Å². The highest BCUT2D eigenvalue weighted by atomic mass is 32.2. The standard InChI is InChI=1S/C21H18N2O2S/c1-2-26-21(25)18-20(24)23(14-15-8-4-3-5-9-15)19-17-11-7-6-10-16(17)12-13-22(18)19/h3-13H,2,14H2,1H3/p+1. The van der Waals surface area contributed by atoms with Crippen molar-refractivity contribution in [2.75, 3.05) is 5.75 Å². The van der Waals surface area contributed by atoms with E-state index in [4.69, 9.17) is 0 Å². The van der Waals surface area contributed by atoms with E-state index in [1.165, 1.54) is 11.8 Å². The van der Waals surface area contributed by atoms with Crippen molar-refractivity contribution in [2.45, 2.75) is 13.5 Å². The zero-order valence-electron chi connectivity index (χ0n) is 14.4. The van der Waals surface area contributed by atoms with Crippen molar-refractivity contribution >= 4 is 33.3 Å². The Bertz CT molecular complexity index is 1100. The third kappa shape index (κ3) is 2.74. The maximum Gasteiger partial charge on any atom is 0.336 e. The van der Waals surface area contributed by atoms with E-state index in [2.05, 4.69) is 0 Å². The van der Waals surface area contributed by atoms with Crippen molar-refractivity contribution in [3.63, 3.8) is 0 Å². The Morgan fingerprint density at radius 1 is 1.08 bits per heavy atom. The molecule has 2 heterocycles. The summed E-state index contributed by atoms with van der Waals surface area (Å²) in [5.74, 6) is 0.675. The van der Waals surface area contributed by atoms with Crippen molar-refractivity contribution in [1.29, 1.82) is 0 Å². The van der Waals surface area contributed by atoms with Crippen LogP contribution in [-0.4, -0.2) is 20.4 Å². The molecule has 0 aliphatic heterocycles. The molecule has 0 aliphatic carbocycles. The van der Waals surface area contributed by atoms with Crippen LogP contribution in [0.4, 0.5) is 0 Å². The highest BCUT2D eigenvalue weighted by Gasteiger charge is 2.32. The topological polar surface area (TPSA) is 45.6 Å². The van der Waals surface area contributed by atoms with Gasteiger partial charge in [-0.25, -0.2) is 0 Å². The number of imidazole rings is 1. The van der Waals surface area contributed by atoms with E-state index in [9.17, 15) is 9.90 Å². The smallest absolute Gasteiger partial charge is 0.336 e. The van der Waals surface area contributed by atoms with Gasteiger partial charge in [-0.2, -0.15) is 8.97 Å². The average molecular weight is 363 g/mol. The first-order chi connectivity index (χ1) is 12.7. The molecule has 0 aliphatic rings. The molecule has 2 aromatic heterocycles. The molecule has 0 radical (unpaired) electrons. The molecule has 2 aromatic carbocycles. The maximum absolute atomic E-state index is 12.7. The lowest BCUT2D eigenvalue weighted by atomic mass is 10.1. The van der Waals surface area contributed by atoms with Crippen LogP contribution >= 0.6 is 11.8 Å². The van der Waals surface area contributed by atoms with E-state index in [0.29, 0.717) is 18.0 Å². The molecular formula is C21H19N2O2S+. The normalized spacial score (nSPS) is 11.3. The highest BCUT2D eigenvalue weighted by Crippen LogP contribution is 2.27. The summed E-state index contributed by atoms with van der Waals surface area (Å²) in [7, 11) is 0. The predicted octanol–water partition coefficient (Wildman–Crippen LogP) is 4.03. The van der Waals surface area contributed by atoms with Crippen LogP contribution in [0.1, 0.15) is 23.0 Å². The van der Waals surface area contributed by atoms with Gasteiger partial charge in [0.1, 0.15) is 6.54 Å². The summed E-state index contributed by atoms with van der Waals surface area (Å²) >= 11 is 1.21. The number of pyridine rings is 1. The molecule has 0 unspecified atom stereocenters. The van der Waals surface area contributed by atoms with E-state index in [-0.39, 0.29) is 11.0 Å². The van der Waals surface area contributed by atoms with Crippen LogP contribution in [0.15, 0.2) is 66.9 Å². The minimum Gasteiger partial charge on any atom is -0.475 e. The van der Waals surface area contributed by atoms with Gasteiger partial charge in [-0.1, -0.05) is 67.2 Å². The second-order valence-electron chi connectivity index (χ2n) is 6.06. The Labute approximate surface area is 155 Å². The lowest BCUT2D eigenvalue weighted by molar-refractivity contribution is -0.667. The number of aromatic hydroxyl groups is 1. The van der Waals surface area contributed by atoms with E-state index < -0.39 is 0 Å². The quantitative estimate of drug-likeness (QED) is 0.557. The number of fused-ring (bicyclic) bond motifs is 3. The number of nitrogens with zero attached hydrogens (tertiary/aromatic N) is 2. The summed E-state index contributed by atoms with van der Waals surface area (Å²) in [6, 6.07) is 19.9. The Morgan fingerprint density at radius 2 is 1.81 bits per heavy atom. The molecule has 4 aromatic rings. The van der Waals surface area contributed by atoms with Gasteiger partial charge < -0.3 is 5.11 Å². The third-order valence-corrected chi connectivity index (χ3v) is 5.19. The van der Waals surface area contributed by atoms with Crippen molar-refractivity contribution in [3.8, 4) is 5.88 Å². The molecule has 0 fully saturated rings. The molecule has 0 amide bonds. The summed E-state index contributed by atoms with van der Waals surface area (Å²) in [5, 5.41) is 12.9. The van der Waals surface area contributed by atoms with Gasteiger partial charge in [0.25, 0.3) is 16.5 Å². The molecule has 0 bridgehead atoms. The first-order valence-electron chi connectivity index (χ1n) is 8.56. The zero-order chi connectivity index (χ0) is 18.1. The van der Waals surface area contributed by atoms with E-state index in [1.54, 1.807) is 0 Å². The molecule has 1 N–H and O–H groups in total. The average Bonchev–Trinajstić information content (AvgIpc) is 2.95. The fourth-order valence-corrected chi connectivity index (χ4v) is 3.89. The Balaban J connectivity index is 2.03. The molecule has 0 saturated carbocycles. The molecule has 5 heteroatoms. The summed E-state index contributed by atoms with van der Waals surface area (Å²) in [4.78, 5) is 12.7. The van der Waals surface area contributed by atoms with Gasteiger partial charge in [0.2, 0.25) is 0 Å². The Hall–Kier alpha value is -2.79. The van der Waals surface area contributed by atoms with E-state index in [0.717, 1.165) is 22.0 Å². The van der Waals surface area contributed by atoms with Crippen LogP contribution in [0.2, 0.25) is 0 Å². The van der Waals surface area contributed by atoms with Crippen LogP contribution < -0.4 is 4.57 Å². The predicted molar refractivity (Wildman–Crippen MR) is 105 cm³/mol. The number of thioether (sulfide) groups is 1. The van der Waals surface area contributed by atoms with Gasteiger partial charge in [-0.3, -0.25) is 4.79 Å². The van der Waals surface area contributed by atoms with E-state index in [1.807, 2.05) is 82.8 Å². The van der Waals surface area contributed by atoms with Gasteiger partial charge in [0.05, 0.1) is 11.6 Å². The lowest BCUT2D eigenvalue weighted by Crippen LogP contribution is -2.33. The van der Waals surface area contributed by atoms with Gasteiger partial charge in [-0.05, 0) is 28.8 Å². The van der Waals surface area contributed by atoms with Gasteiger partial charge in [-0.15, -0.1) is 0 Å². The molecule has 0 saturated heterocycles. The van der Waals surface area contributed by atoms with E-state index >= 15 is 0 Å². The largest absolute Gasteiger partial charge is 0.475 e. The maximum atomic E-state index is 12.7. The number of hydrogen-bond donors (Lipinski definition) is 1. The van der Waals surface area contributed by atoms with Gasteiger partial charge in [0.15, 0.2) is 0 Å². The van der Waals surface area contributed by atoms with Crippen molar-refractivity contribution in [3.05, 3.63) is 78.1 Å². The monoisotopic (exact) mass is 363 g/mol. The summed E-state index contributed by atoms with van der Waals surface area (Å²) in [5.41, 5.74) is 2.22. The molecule has 26 heavy (non-hydrogen) atoms. The number of aromatic nitrogens is 2. The molecule has 4 rings (SSSR count). The third-order valence-electron chi connectivity index (χ3n) is 4.45. The van der Waals surface area contributed by atoms with Crippen LogP contribution in [0.5, 0.6) is 5.88 Å². The molecule has 0 atom stereocenters. The second-order valence-corrected chi connectivity index (χ2v) is 7.30.